The molecule has 26 heavy (non-hydrogen) atoms. The first-order valence-electron chi connectivity index (χ1n) is 8.60. The Morgan fingerprint density at radius 2 is 1.92 bits per heavy atom. The Bertz CT molecular complexity index is 1070. The van der Waals surface area contributed by atoms with Crippen LogP contribution in [-0.4, -0.2) is 41.9 Å². The maximum Gasteiger partial charge on any atom is 0.275 e. The van der Waals surface area contributed by atoms with E-state index in [1.54, 1.807) is 11.0 Å². The van der Waals surface area contributed by atoms with Gasteiger partial charge in [-0.05, 0) is 26.8 Å². The Morgan fingerprint density at radius 3 is 2.69 bits per heavy atom. The van der Waals surface area contributed by atoms with Crippen molar-refractivity contribution >= 4 is 16.7 Å². The fourth-order valence-corrected chi connectivity index (χ4v) is 3.66. The first-order chi connectivity index (χ1) is 12.5. The zero-order chi connectivity index (χ0) is 18.4. The molecule has 0 spiro atoms. The van der Waals surface area contributed by atoms with Gasteiger partial charge in [-0.25, -0.2) is 4.68 Å². The van der Waals surface area contributed by atoms with Crippen molar-refractivity contribution in [1.82, 2.24) is 29.4 Å². The van der Waals surface area contributed by atoms with Crippen LogP contribution in [0.3, 0.4) is 0 Å². The summed E-state index contributed by atoms with van der Waals surface area (Å²) in [4.78, 5) is 27.2. The molecule has 134 valence electrons. The van der Waals surface area contributed by atoms with Crippen molar-refractivity contribution in [3.05, 3.63) is 52.0 Å². The van der Waals surface area contributed by atoms with Crippen LogP contribution in [0.25, 0.3) is 10.8 Å². The van der Waals surface area contributed by atoms with Gasteiger partial charge in [-0.1, -0.05) is 18.2 Å². The lowest BCUT2D eigenvalue weighted by Crippen LogP contribution is -2.43. The van der Waals surface area contributed by atoms with E-state index in [1.807, 2.05) is 43.5 Å². The van der Waals surface area contributed by atoms with E-state index in [0.29, 0.717) is 18.5 Å². The lowest BCUT2D eigenvalue weighted by atomic mass is 10.1. The zero-order valence-electron chi connectivity index (χ0n) is 15.0. The molecule has 8 heteroatoms. The topological polar surface area (TPSA) is 85.9 Å². The molecule has 4 rings (SSSR count). The van der Waals surface area contributed by atoms with Gasteiger partial charge in [0.25, 0.3) is 5.56 Å². The van der Waals surface area contributed by atoms with Gasteiger partial charge in [0.2, 0.25) is 5.91 Å². The van der Waals surface area contributed by atoms with Gasteiger partial charge >= 0.3 is 0 Å². The molecule has 0 unspecified atom stereocenters. The lowest BCUT2D eigenvalue weighted by Gasteiger charge is -2.32. The molecule has 0 fully saturated rings. The van der Waals surface area contributed by atoms with E-state index in [9.17, 15) is 9.59 Å². The number of carbonyl (C=O) groups excluding carboxylic acids is 1. The van der Waals surface area contributed by atoms with Crippen LogP contribution in [0.4, 0.5) is 0 Å². The zero-order valence-corrected chi connectivity index (χ0v) is 15.0. The first kappa shape index (κ1) is 16.4. The minimum Gasteiger partial charge on any atom is -0.331 e. The van der Waals surface area contributed by atoms with Crippen LogP contribution in [0, 0.1) is 13.8 Å². The second-order valence-corrected chi connectivity index (χ2v) is 6.75. The summed E-state index contributed by atoms with van der Waals surface area (Å²) in [5.41, 5.74) is 0.485. The van der Waals surface area contributed by atoms with Crippen molar-refractivity contribution in [2.24, 2.45) is 0 Å². The van der Waals surface area contributed by atoms with Crippen molar-refractivity contribution in [3.63, 3.8) is 0 Å². The maximum absolute atomic E-state index is 12.8. The van der Waals surface area contributed by atoms with Crippen molar-refractivity contribution in [1.29, 1.82) is 0 Å². The number of amides is 1. The second kappa shape index (κ2) is 6.05. The van der Waals surface area contributed by atoms with Crippen LogP contribution in [0.2, 0.25) is 0 Å². The molecule has 1 amide bonds. The minimum absolute atomic E-state index is 0.0790. The molecule has 0 bridgehead atoms. The van der Waals surface area contributed by atoms with Gasteiger partial charge in [0.15, 0.2) is 5.82 Å². The molecule has 0 aliphatic carbocycles. The molecule has 1 aliphatic rings. The average molecular weight is 352 g/mol. The summed E-state index contributed by atoms with van der Waals surface area (Å²) in [6, 6.07) is 7.42. The third kappa shape index (κ3) is 2.58. The predicted octanol–water partition coefficient (Wildman–Crippen LogP) is 1.21. The van der Waals surface area contributed by atoms with Crippen molar-refractivity contribution in [2.75, 3.05) is 6.54 Å². The number of aryl methyl sites for hydroxylation is 2. The molecule has 0 saturated carbocycles. The molecule has 2 aromatic heterocycles. The number of hydrogen-bond donors (Lipinski definition) is 0. The fraction of sp³-hybridized carbons (Fsp3) is 0.389. The molecule has 1 aliphatic heterocycles. The van der Waals surface area contributed by atoms with Crippen LogP contribution >= 0.6 is 0 Å². The van der Waals surface area contributed by atoms with Gasteiger partial charge in [-0.3, -0.25) is 9.59 Å². The summed E-state index contributed by atoms with van der Waals surface area (Å²) >= 11 is 0. The number of fused-ring (bicyclic) bond motifs is 2. The van der Waals surface area contributed by atoms with Gasteiger partial charge < -0.3 is 9.47 Å². The summed E-state index contributed by atoms with van der Waals surface area (Å²) in [5, 5.41) is 14.0. The van der Waals surface area contributed by atoms with Gasteiger partial charge in [0.1, 0.15) is 12.4 Å². The summed E-state index contributed by atoms with van der Waals surface area (Å²) < 4.78 is 3.31. The summed E-state index contributed by atoms with van der Waals surface area (Å²) in [5.74, 6) is 1.47. The molecule has 0 radical (unpaired) electrons. The maximum atomic E-state index is 12.8. The van der Waals surface area contributed by atoms with Gasteiger partial charge in [-0.2, -0.15) is 5.10 Å². The normalized spacial score (nSPS) is 16.7. The molecule has 1 aromatic carbocycles. The monoisotopic (exact) mass is 352 g/mol. The van der Waals surface area contributed by atoms with Gasteiger partial charge in [0, 0.05) is 11.9 Å². The van der Waals surface area contributed by atoms with Gasteiger partial charge in [0.05, 0.1) is 23.7 Å². The average Bonchev–Trinajstić information content (AvgIpc) is 3.01. The first-order valence-corrected chi connectivity index (χ1v) is 8.60. The minimum atomic E-state index is -0.247. The SMILES string of the molecule is Cc1nn(CC(=O)N2Cc3nnc(C)n3[C@@H](C)C2)c(=O)c2ccccc12. The number of carbonyl (C=O) groups is 1. The van der Waals surface area contributed by atoms with Crippen LogP contribution in [0.1, 0.15) is 30.3 Å². The Kier molecular flexibility index (Phi) is 3.82. The predicted molar refractivity (Wildman–Crippen MR) is 95.6 cm³/mol. The largest absolute Gasteiger partial charge is 0.331 e. The van der Waals surface area contributed by atoms with Crippen LogP contribution in [0.15, 0.2) is 29.1 Å². The highest BCUT2D eigenvalue weighted by Crippen LogP contribution is 2.21. The lowest BCUT2D eigenvalue weighted by molar-refractivity contribution is -0.134. The van der Waals surface area contributed by atoms with Crippen LogP contribution < -0.4 is 5.56 Å². The fourth-order valence-electron chi connectivity index (χ4n) is 3.66. The smallest absolute Gasteiger partial charge is 0.275 e. The number of hydrogen-bond acceptors (Lipinski definition) is 5. The molecule has 0 N–H and O–H groups in total. The van der Waals surface area contributed by atoms with Gasteiger partial charge in [-0.15, -0.1) is 10.2 Å². The Balaban J connectivity index is 1.62. The quantitative estimate of drug-likeness (QED) is 0.692. The van der Waals surface area contributed by atoms with E-state index in [1.165, 1.54) is 4.68 Å². The number of aromatic nitrogens is 5. The molecule has 0 saturated heterocycles. The Hall–Kier alpha value is -3.03. The van der Waals surface area contributed by atoms with Crippen molar-refractivity contribution in [2.45, 2.75) is 39.9 Å². The highest BCUT2D eigenvalue weighted by molar-refractivity contribution is 5.83. The molecular formula is C18H20N6O2. The van der Waals surface area contributed by atoms with E-state index in [0.717, 1.165) is 22.7 Å². The van der Waals surface area contributed by atoms with Crippen molar-refractivity contribution in [3.8, 4) is 0 Å². The number of rotatable bonds is 2. The third-order valence-corrected chi connectivity index (χ3v) is 4.88. The molecule has 3 aromatic rings. The second-order valence-electron chi connectivity index (χ2n) is 6.75. The molecule has 8 nitrogen and oxygen atoms in total. The standard InChI is InChI=1S/C18H20N6O2/c1-11-8-22(9-16-20-19-13(3)24(11)16)17(25)10-23-18(26)15-7-5-4-6-14(15)12(2)21-23/h4-7,11H,8-10H2,1-3H3/t11-/m0/s1. The van der Waals surface area contributed by atoms with E-state index < -0.39 is 0 Å². The molecule has 1 atom stereocenters. The summed E-state index contributed by atoms with van der Waals surface area (Å²) in [6.07, 6.45) is 0. The number of benzene rings is 1. The van der Waals surface area contributed by atoms with E-state index >= 15 is 0 Å². The summed E-state index contributed by atoms with van der Waals surface area (Å²) in [6.45, 7) is 6.66. The van der Waals surface area contributed by atoms with Crippen LogP contribution in [0.5, 0.6) is 0 Å². The highest BCUT2D eigenvalue weighted by atomic mass is 16.2. The van der Waals surface area contributed by atoms with E-state index in [-0.39, 0.29) is 24.1 Å². The summed E-state index contributed by atoms with van der Waals surface area (Å²) in [7, 11) is 0. The van der Waals surface area contributed by atoms with Crippen LogP contribution in [-0.2, 0) is 17.9 Å². The molecule has 3 heterocycles. The number of nitrogens with zero attached hydrogens (tertiary/aromatic N) is 6. The van der Waals surface area contributed by atoms with E-state index in [2.05, 4.69) is 15.3 Å². The van der Waals surface area contributed by atoms with E-state index in [4.69, 9.17) is 0 Å². The Labute approximate surface area is 150 Å². The Morgan fingerprint density at radius 1 is 1.19 bits per heavy atom. The third-order valence-electron chi connectivity index (χ3n) is 4.88. The van der Waals surface area contributed by atoms with Crippen molar-refractivity contribution < 1.29 is 4.79 Å². The highest BCUT2D eigenvalue weighted by Gasteiger charge is 2.28. The molecular weight excluding hydrogens is 332 g/mol.